The van der Waals surface area contributed by atoms with Gasteiger partial charge in [-0.3, -0.25) is 29.0 Å². The number of carbonyl (C=O) groups is 4. The van der Waals surface area contributed by atoms with Gasteiger partial charge >= 0.3 is 0 Å². The van der Waals surface area contributed by atoms with E-state index in [1.165, 1.54) is 11.6 Å². The first kappa shape index (κ1) is 30.8. The quantitative estimate of drug-likeness (QED) is 0.359. The van der Waals surface area contributed by atoms with Crippen LogP contribution in [0.5, 0.6) is 5.75 Å². The Morgan fingerprint density at radius 1 is 0.935 bits per heavy atom. The van der Waals surface area contributed by atoms with Crippen molar-refractivity contribution >= 4 is 23.4 Å². The van der Waals surface area contributed by atoms with Crippen LogP contribution in [-0.2, 0) is 25.7 Å². The lowest BCUT2D eigenvalue weighted by Crippen LogP contribution is -2.55. The van der Waals surface area contributed by atoms with Gasteiger partial charge in [-0.15, -0.1) is 0 Å². The van der Waals surface area contributed by atoms with Crippen molar-refractivity contribution in [1.82, 2.24) is 9.80 Å². The van der Waals surface area contributed by atoms with Gasteiger partial charge in [0.2, 0.25) is 11.8 Å². The van der Waals surface area contributed by atoms with E-state index < -0.39 is 29.1 Å². The van der Waals surface area contributed by atoms with Crippen LogP contribution in [-0.4, -0.2) is 70.6 Å². The highest BCUT2D eigenvalue weighted by molar-refractivity contribution is 6.13. The van der Waals surface area contributed by atoms with Crippen LogP contribution in [0.3, 0.4) is 0 Å². The molecule has 5 aliphatic rings. The van der Waals surface area contributed by atoms with Crippen LogP contribution in [0.1, 0.15) is 56.6 Å². The van der Waals surface area contributed by atoms with Gasteiger partial charge < -0.3 is 9.84 Å². The normalized spacial score (nSPS) is 31.6. The summed E-state index contributed by atoms with van der Waals surface area (Å²) in [5, 5.41) is 9.52. The number of piperidine rings is 1. The minimum absolute atomic E-state index is 0.0711. The molecule has 2 aliphatic heterocycles. The third-order valence-electron chi connectivity index (χ3n) is 11.4. The monoisotopic (exact) mass is 622 g/mol. The molecule has 1 N–H and O–H groups in total. The highest BCUT2D eigenvalue weighted by Gasteiger charge is 2.64. The number of para-hydroxylation sites is 1. The van der Waals surface area contributed by atoms with E-state index in [0.717, 1.165) is 43.6 Å². The predicted octanol–water partition coefficient (Wildman–Crippen LogP) is 4.48. The number of Topliss-reactive ketones (excluding diaryl/α,β-unsaturated/α-hetero) is 1. The molecule has 2 saturated heterocycles. The minimum atomic E-state index is -1.07. The Hall–Kier alpha value is -3.88. The van der Waals surface area contributed by atoms with E-state index in [4.69, 9.17) is 4.74 Å². The smallest absolute Gasteiger partial charge is 0.233 e. The van der Waals surface area contributed by atoms with Gasteiger partial charge in [0.15, 0.2) is 11.6 Å². The summed E-state index contributed by atoms with van der Waals surface area (Å²) >= 11 is 0. The van der Waals surface area contributed by atoms with E-state index in [-0.39, 0.29) is 48.6 Å². The summed E-state index contributed by atoms with van der Waals surface area (Å²) in [6.45, 7) is 6.00. The summed E-state index contributed by atoms with van der Waals surface area (Å²) in [6.07, 6.45) is 5.82. The van der Waals surface area contributed by atoms with Gasteiger partial charge in [0.1, 0.15) is 12.4 Å². The number of likely N-dealkylation sites (tertiary alicyclic amines) is 2. The molecule has 2 aromatic rings. The highest BCUT2D eigenvalue weighted by atomic mass is 16.5. The van der Waals surface area contributed by atoms with Crippen molar-refractivity contribution in [3.63, 3.8) is 0 Å². The van der Waals surface area contributed by atoms with E-state index in [1.807, 2.05) is 49.4 Å². The van der Waals surface area contributed by atoms with E-state index in [0.29, 0.717) is 24.2 Å². The predicted molar refractivity (Wildman–Crippen MR) is 172 cm³/mol. The number of ether oxygens (including phenoxy) is 1. The fraction of sp³-hybridized carbons (Fsp3) is 0.474. The fourth-order valence-electron chi connectivity index (χ4n) is 9.31. The number of aliphatic hydroxyl groups excluding tert-OH is 1. The first-order valence-corrected chi connectivity index (χ1v) is 16.7. The molecule has 0 bridgehead atoms. The molecule has 2 amide bonds. The van der Waals surface area contributed by atoms with Crippen molar-refractivity contribution in [2.45, 2.75) is 58.0 Å². The highest BCUT2D eigenvalue weighted by Crippen LogP contribution is 2.63. The number of ketones is 2. The molecule has 8 nitrogen and oxygen atoms in total. The number of benzene rings is 2. The molecule has 2 heterocycles. The Kier molecular flexibility index (Phi) is 8.06. The molecule has 2 aromatic carbocycles. The SMILES string of the molecule is CC1=CC(=O)[C@@H]2C[C@@H]3C(=CC[C@@H]4C(=O)N(C5CCN(Cc6ccccc6)CC5)C(=O)[C@@H]43)[C@H](c3ccccc3OCCO)[C@]2(C)C1=O. The second-order valence-electron chi connectivity index (χ2n) is 13.9. The van der Waals surface area contributed by atoms with Gasteiger partial charge in [-0.25, -0.2) is 0 Å². The van der Waals surface area contributed by atoms with Crippen molar-refractivity contribution in [3.05, 3.63) is 89.0 Å². The number of amides is 2. The fourth-order valence-corrected chi connectivity index (χ4v) is 9.31. The lowest BCUT2D eigenvalue weighted by atomic mass is 9.47. The summed E-state index contributed by atoms with van der Waals surface area (Å²) in [6, 6.07) is 17.7. The Morgan fingerprint density at radius 2 is 1.65 bits per heavy atom. The standard InChI is InChI=1S/C38H42N2O6/c1-23-20-31(42)30-21-29-26(34(38(30,2)35(23)43)27-10-6-7-11-32(27)46-19-18-41)12-13-28-33(29)37(45)40(36(28)44)25-14-16-39(17-15-25)22-24-8-4-3-5-9-24/h3-12,20,25,28-30,33-34,41H,13-19,21-22H2,1-2H3/t28-,29+,30-,33-,34+,38+/m0/s1. The molecule has 240 valence electrons. The number of allylic oxidation sites excluding steroid dienone is 4. The lowest BCUT2D eigenvalue weighted by molar-refractivity contribution is -0.145. The second kappa shape index (κ2) is 12.0. The van der Waals surface area contributed by atoms with Crippen LogP contribution in [0.25, 0.3) is 0 Å². The topological polar surface area (TPSA) is 104 Å². The number of carbonyl (C=O) groups excluding carboxylic acids is 4. The van der Waals surface area contributed by atoms with Gasteiger partial charge in [0, 0.05) is 43.1 Å². The van der Waals surface area contributed by atoms with Crippen LogP contribution in [0.4, 0.5) is 0 Å². The summed E-state index contributed by atoms with van der Waals surface area (Å²) in [4.78, 5) is 60.2. The maximum atomic E-state index is 14.4. The first-order chi connectivity index (χ1) is 22.2. The molecule has 7 rings (SSSR count). The Morgan fingerprint density at radius 3 is 2.39 bits per heavy atom. The van der Waals surface area contributed by atoms with Crippen LogP contribution < -0.4 is 4.74 Å². The van der Waals surface area contributed by atoms with Gasteiger partial charge in [-0.1, -0.05) is 67.1 Å². The maximum Gasteiger partial charge on any atom is 0.233 e. The molecule has 0 aromatic heterocycles. The molecule has 1 saturated carbocycles. The van der Waals surface area contributed by atoms with Crippen LogP contribution >= 0.6 is 0 Å². The summed E-state index contributed by atoms with van der Waals surface area (Å²) in [5.74, 6) is -2.32. The molecule has 6 atom stereocenters. The zero-order valence-corrected chi connectivity index (χ0v) is 26.6. The van der Waals surface area contributed by atoms with Gasteiger partial charge in [-0.2, -0.15) is 0 Å². The van der Waals surface area contributed by atoms with Crippen molar-refractivity contribution in [2.24, 2.45) is 29.1 Å². The van der Waals surface area contributed by atoms with Gasteiger partial charge in [0.25, 0.3) is 0 Å². The number of aliphatic hydroxyl groups is 1. The second-order valence-corrected chi connectivity index (χ2v) is 13.9. The van der Waals surface area contributed by atoms with Gasteiger partial charge in [0.05, 0.1) is 23.9 Å². The number of imide groups is 1. The third-order valence-corrected chi connectivity index (χ3v) is 11.4. The van der Waals surface area contributed by atoms with Crippen LogP contribution in [0.2, 0.25) is 0 Å². The number of hydrogen-bond acceptors (Lipinski definition) is 7. The molecule has 46 heavy (non-hydrogen) atoms. The van der Waals surface area contributed by atoms with E-state index in [2.05, 4.69) is 23.1 Å². The van der Waals surface area contributed by atoms with Gasteiger partial charge in [-0.05, 0) is 61.8 Å². The Bertz CT molecular complexity index is 1620. The van der Waals surface area contributed by atoms with Crippen molar-refractivity contribution in [2.75, 3.05) is 26.3 Å². The largest absolute Gasteiger partial charge is 0.491 e. The maximum absolute atomic E-state index is 14.4. The zero-order chi connectivity index (χ0) is 32.2. The molecular weight excluding hydrogens is 580 g/mol. The molecule has 0 spiro atoms. The zero-order valence-electron chi connectivity index (χ0n) is 26.6. The Balaban J connectivity index is 1.21. The van der Waals surface area contributed by atoms with E-state index in [1.54, 1.807) is 11.8 Å². The summed E-state index contributed by atoms with van der Waals surface area (Å²) < 4.78 is 5.98. The number of hydrogen-bond donors (Lipinski definition) is 1. The average Bonchev–Trinajstić information content (AvgIpc) is 3.32. The van der Waals surface area contributed by atoms with E-state index in [9.17, 15) is 24.3 Å². The van der Waals surface area contributed by atoms with Crippen molar-refractivity contribution in [3.8, 4) is 5.75 Å². The number of nitrogens with zero attached hydrogens (tertiary/aromatic N) is 2. The summed E-state index contributed by atoms with van der Waals surface area (Å²) in [7, 11) is 0. The van der Waals surface area contributed by atoms with Crippen LogP contribution in [0, 0.1) is 29.1 Å². The van der Waals surface area contributed by atoms with E-state index >= 15 is 0 Å². The third kappa shape index (κ3) is 4.88. The van der Waals surface area contributed by atoms with Crippen molar-refractivity contribution < 1.29 is 29.0 Å². The summed E-state index contributed by atoms with van der Waals surface area (Å²) in [5.41, 5.74) is 2.35. The molecule has 8 heteroatoms. The minimum Gasteiger partial charge on any atom is -0.491 e. The lowest BCUT2D eigenvalue weighted by Gasteiger charge is -2.53. The molecule has 3 aliphatic carbocycles. The molecule has 0 unspecified atom stereocenters. The number of fused-ring (bicyclic) bond motifs is 4. The first-order valence-electron chi connectivity index (χ1n) is 16.7. The molecular formula is C38H42N2O6. The molecule has 3 fully saturated rings. The average molecular weight is 623 g/mol. The molecule has 0 radical (unpaired) electrons. The Labute approximate surface area is 270 Å². The van der Waals surface area contributed by atoms with Crippen molar-refractivity contribution in [1.29, 1.82) is 0 Å². The van der Waals surface area contributed by atoms with Crippen LogP contribution in [0.15, 0.2) is 77.9 Å². The number of rotatable bonds is 7.